The van der Waals surface area contributed by atoms with Gasteiger partial charge in [-0.05, 0) is 17.7 Å². The second-order valence-electron chi connectivity index (χ2n) is 3.06. The highest BCUT2D eigenvalue weighted by Gasteiger charge is 2.01. The quantitative estimate of drug-likeness (QED) is 0.773. The number of nitrogens with one attached hydrogen (secondary N) is 1. The third-order valence-corrected chi connectivity index (χ3v) is 2.51. The maximum atomic E-state index is 10.5. The van der Waals surface area contributed by atoms with E-state index in [2.05, 4.69) is 9.71 Å². The average molecular weight is 222 g/mol. The Morgan fingerprint density at radius 3 is 3.00 bits per heavy atom. The number of hydrogen-bond acceptors (Lipinski definition) is 2. The van der Waals surface area contributed by atoms with Gasteiger partial charge in [0, 0.05) is 18.1 Å². The van der Waals surface area contributed by atoms with Gasteiger partial charge < -0.3 is 0 Å². The molecule has 15 heavy (non-hydrogen) atoms. The summed E-state index contributed by atoms with van der Waals surface area (Å²) in [7, 11) is 0. The molecule has 1 heterocycles. The van der Waals surface area contributed by atoms with E-state index in [1.807, 2.05) is 30.3 Å². The van der Waals surface area contributed by atoms with Crippen LogP contribution in [0.3, 0.4) is 0 Å². The monoisotopic (exact) mass is 222 g/mol. The fourth-order valence-corrected chi connectivity index (χ4v) is 1.74. The summed E-state index contributed by atoms with van der Waals surface area (Å²) < 4.78 is 21.6. The molecule has 0 radical (unpaired) electrons. The molecule has 0 aliphatic heterocycles. The lowest BCUT2D eigenvalue weighted by molar-refractivity contribution is 0.549. The lowest BCUT2D eigenvalue weighted by Crippen LogP contribution is -2.15. The third kappa shape index (κ3) is 2.38. The molecule has 1 aromatic carbocycles. The van der Waals surface area contributed by atoms with Gasteiger partial charge in [0.05, 0.1) is 5.52 Å². The zero-order valence-corrected chi connectivity index (χ0v) is 8.70. The van der Waals surface area contributed by atoms with Crippen LogP contribution in [0.4, 0.5) is 0 Å². The number of hydrogen-bond donors (Lipinski definition) is 2. The zero-order valence-electron chi connectivity index (χ0n) is 7.88. The molecule has 0 bridgehead atoms. The molecule has 2 N–H and O–H groups in total. The molecule has 0 saturated carbocycles. The molecule has 0 spiro atoms. The van der Waals surface area contributed by atoms with Crippen molar-refractivity contribution in [2.45, 2.75) is 6.54 Å². The molecule has 1 atom stereocenters. The summed E-state index contributed by atoms with van der Waals surface area (Å²) in [6.07, 6.45) is 1.73. The third-order valence-electron chi connectivity index (χ3n) is 2.12. The normalized spacial score (nSPS) is 12.9. The molecule has 1 unspecified atom stereocenters. The van der Waals surface area contributed by atoms with Crippen LogP contribution in [-0.2, 0) is 17.8 Å². The molecule has 0 fully saturated rings. The summed E-state index contributed by atoms with van der Waals surface area (Å²) in [6.45, 7) is 0.353. The van der Waals surface area contributed by atoms with Crippen molar-refractivity contribution < 1.29 is 8.76 Å². The van der Waals surface area contributed by atoms with E-state index in [0.29, 0.717) is 6.54 Å². The van der Waals surface area contributed by atoms with Gasteiger partial charge in [-0.1, -0.05) is 18.2 Å². The van der Waals surface area contributed by atoms with E-state index < -0.39 is 11.3 Å². The largest absolute Gasteiger partial charge is 0.294 e. The molecular weight excluding hydrogens is 212 g/mol. The number of nitrogens with zero attached hydrogens (tertiary/aromatic N) is 1. The number of aromatic nitrogens is 1. The van der Waals surface area contributed by atoms with Crippen molar-refractivity contribution in [3.05, 3.63) is 42.1 Å². The maximum absolute atomic E-state index is 10.5. The Morgan fingerprint density at radius 2 is 2.20 bits per heavy atom. The predicted octanol–water partition coefficient (Wildman–Crippen LogP) is 1.46. The van der Waals surface area contributed by atoms with Crippen LogP contribution < -0.4 is 4.72 Å². The van der Waals surface area contributed by atoms with Crippen LogP contribution in [0.2, 0.25) is 0 Å². The van der Waals surface area contributed by atoms with Crippen LogP contribution >= 0.6 is 0 Å². The van der Waals surface area contributed by atoms with E-state index in [-0.39, 0.29) is 0 Å². The van der Waals surface area contributed by atoms with Crippen molar-refractivity contribution in [2.24, 2.45) is 0 Å². The molecule has 0 aliphatic carbocycles. The van der Waals surface area contributed by atoms with Crippen molar-refractivity contribution in [1.82, 2.24) is 9.71 Å². The van der Waals surface area contributed by atoms with Crippen molar-refractivity contribution in [3.8, 4) is 0 Å². The fraction of sp³-hybridized carbons (Fsp3) is 0.100. The van der Waals surface area contributed by atoms with Crippen LogP contribution in [0.5, 0.6) is 0 Å². The van der Waals surface area contributed by atoms with Gasteiger partial charge in [0.1, 0.15) is 0 Å². The first-order chi connectivity index (χ1) is 7.27. The van der Waals surface area contributed by atoms with Crippen molar-refractivity contribution in [2.75, 3.05) is 0 Å². The minimum atomic E-state index is -1.98. The second-order valence-corrected chi connectivity index (χ2v) is 3.84. The first-order valence-electron chi connectivity index (χ1n) is 4.44. The summed E-state index contributed by atoms with van der Waals surface area (Å²) >= 11 is -1.98. The SMILES string of the molecule is O=S(O)NCc1cccc2ncccc12. The smallest absolute Gasteiger partial charge is 0.232 e. The van der Waals surface area contributed by atoms with Gasteiger partial charge in [-0.3, -0.25) is 9.54 Å². The van der Waals surface area contributed by atoms with Gasteiger partial charge in [-0.2, -0.15) is 0 Å². The molecule has 1 aromatic heterocycles. The molecular formula is C10H10N2O2S. The molecule has 2 rings (SSSR count). The predicted molar refractivity (Wildman–Crippen MR) is 59.4 cm³/mol. The Balaban J connectivity index is 2.38. The lowest BCUT2D eigenvalue weighted by Gasteiger charge is -2.04. The summed E-state index contributed by atoms with van der Waals surface area (Å²) in [6, 6.07) is 9.49. The highest BCUT2D eigenvalue weighted by molar-refractivity contribution is 7.77. The molecule has 0 aliphatic rings. The van der Waals surface area contributed by atoms with Crippen LogP contribution in [-0.4, -0.2) is 13.7 Å². The van der Waals surface area contributed by atoms with Gasteiger partial charge in [0.25, 0.3) is 0 Å². The van der Waals surface area contributed by atoms with Crippen molar-refractivity contribution >= 4 is 22.2 Å². The zero-order chi connectivity index (χ0) is 10.7. The standard InChI is InChI=1S/C10H10N2O2S/c13-15(14)12-7-8-3-1-5-10-9(8)4-2-6-11-10/h1-6,12H,7H2,(H,13,14). The Labute approximate surface area is 89.8 Å². The number of benzene rings is 1. The number of rotatable bonds is 3. The Hall–Kier alpha value is -1.30. The molecule has 2 aromatic rings. The van der Waals surface area contributed by atoms with Gasteiger partial charge in [0.15, 0.2) is 0 Å². The topological polar surface area (TPSA) is 62.2 Å². The van der Waals surface area contributed by atoms with Gasteiger partial charge in [0.2, 0.25) is 11.3 Å². The van der Waals surface area contributed by atoms with Gasteiger partial charge in [-0.15, -0.1) is 0 Å². The van der Waals surface area contributed by atoms with E-state index in [1.54, 1.807) is 6.20 Å². The van der Waals surface area contributed by atoms with Gasteiger partial charge >= 0.3 is 0 Å². The second kappa shape index (κ2) is 4.48. The van der Waals surface area contributed by atoms with Crippen LogP contribution in [0.25, 0.3) is 10.9 Å². The molecule has 0 amide bonds. The maximum Gasteiger partial charge on any atom is 0.232 e. The highest BCUT2D eigenvalue weighted by Crippen LogP contribution is 2.15. The molecule has 4 nitrogen and oxygen atoms in total. The van der Waals surface area contributed by atoms with E-state index in [1.165, 1.54) is 0 Å². The number of pyridine rings is 1. The van der Waals surface area contributed by atoms with E-state index in [4.69, 9.17) is 4.55 Å². The number of fused-ring (bicyclic) bond motifs is 1. The Morgan fingerprint density at radius 1 is 1.33 bits per heavy atom. The summed E-state index contributed by atoms with van der Waals surface area (Å²) in [4.78, 5) is 4.20. The summed E-state index contributed by atoms with van der Waals surface area (Å²) in [5, 5.41) is 0.998. The minimum Gasteiger partial charge on any atom is -0.294 e. The van der Waals surface area contributed by atoms with Crippen LogP contribution in [0.1, 0.15) is 5.56 Å². The van der Waals surface area contributed by atoms with E-state index in [9.17, 15) is 4.21 Å². The molecule has 78 valence electrons. The average Bonchev–Trinajstić information content (AvgIpc) is 2.26. The highest BCUT2D eigenvalue weighted by atomic mass is 32.2. The van der Waals surface area contributed by atoms with E-state index >= 15 is 0 Å². The van der Waals surface area contributed by atoms with Crippen LogP contribution in [0.15, 0.2) is 36.5 Å². The van der Waals surface area contributed by atoms with Crippen molar-refractivity contribution in [1.29, 1.82) is 0 Å². The van der Waals surface area contributed by atoms with Crippen molar-refractivity contribution in [3.63, 3.8) is 0 Å². The van der Waals surface area contributed by atoms with Gasteiger partial charge in [-0.25, -0.2) is 8.93 Å². The molecule has 0 saturated heterocycles. The summed E-state index contributed by atoms with van der Waals surface area (Å²) in [5.41, 5.74) is 1.85. The fourth-order valence-electron chi connectivity index (χ4n) is 1.46. The minimum absolute atomic E-state index is 0.353. The summed E-state index contributed by atoms with van der Waals surface area (Å²) in [5.74, 6) is 0. The van der Waals surface area contributed by atoms with E-state index in [0.717, 1.165) is 16.5 Å². The molecule has 5 heteroatoms. The lowest BCUT2D eigenvalue weighted by atomic mass is 10.1. The first kappa shape index (κ1) is 10.2. The van der Waals surface area contributed by atoms with Crippen LogP contribution in [0, 0.1) is 0 Å². The first-order valence-corrected chi connectivity index (χ1v) is 5.55. The Kier molecular flexibility index (Phi) is 3.05. The Bertz CT molecular complexity index is 496.